The molecule has 0 aromatic heterocycles. The van der Waals surface area contributed by atoms with Crippen LogP contribution < -0.4 is 5.73 Å². The fourth-order valence-electron chi connectivity index (χ4n) is 0.973. The van der Waals surface area contributed by atoms with Crippen LogP contribution in [0.1, 0.15) is 6.92 Å². The van der Waals surface area contributed by atoms with Gasteiger partial charge >= 0.3 is 5.97 Å². The minimum atomic E-state index is -0.248. The number of hydrogen-bond acceptors (Lipinski definition) is 4. The minimum Gasteiger partial charge on any atom is -0.465 e. The van der Waals surface area contributed by atoms with Crippen molar-refractivity contribution >= 4 is 35.0 Å². The molecule has 15 heavy (non-hydrogen) atoms. The monoisotopic (exact) mass is 245 g/mol. The van der Waals surface area contributed by atoms with Gasteiger partial charge in [0.2, 0.25) is 0 Å². The van der Waals surface area contributed by atoms with Gasteiger partial charge in [0.1, 0.15) is 0 Å². The lowest BCUT2D eigenvalue weighted by Gasteiger charge is -2.05. The molecule has 82 valence electrons. The molecule has 0 bridgehead atoms. The molecule has 0 aliphatic heterocycles. The zero-order valence-electron chi connectivity index (χ0n) is 8.33. The first-order chi connectivity index (χ1) is 7.13. The highest BCUT2D eigenvalue weighted by Crippen LogP contribution is 2.27. The highest BCUT2D eigenvalue weighted by molar-refractivity contribution is 8.00. The van der Waals surface area contributed by atoms with Crippen molar-refractivity contribution in [1.82, 2.24) is 0 Å². The van der Waals surface area contributed by atoms with Crippen molar-refractivity contribution in [3.05, 3.63) is 23.2 Å². The SMILES string of the molecule is CCOC(=O)CSc1cc(Cl)ccc1N. The molecule has 0 amide bonds. The molecule has 0 aliphatic carbocycles. The van der Waals surface area contributed by atoms with Gasteiger partial charge in [0.25, 0.3) is 0 Å². The molecule has 0 saturated heterocycles. The maximum Gasteiger partial charge on any atom is 0.316 e. The molecule has 0 fully saturated rings. The number of nitrogens with two attached hydrogens (primary N) is 1. The predicted molar refractivity (Wildman–Crippen MR) is 63.2 cm³/mol. The number of ether oxygens (including phenoxy) is 1. The molecule has 1 rings (SSSR count). The number of rotatable bonds is 4. The molecule has 0 atom stereocenters. The maximum absolute atomic E-state index is 11.1. The van der Waals surface area contributed by atoms with Crippen molar-refractivity contribution in [3.8, 4) is 0 Å². The van der Waals surface area contributed by atoms with Crippen LogP contribution >= 0.6 is 23.4 Å². The first-order valence-electron chi connectivity index (χ1n) is 4.47. The van der Waals surface area contributed by atoms with E-state index < -0.39 is 0 Å². The van der Waals surface area contributed by atoms with E-state index in [2.05, 4.69) is 0 Å². The number of esters is 1. The summed E-state index contributed by atoms with van der Waals surface area (Å²) in [4.78, 5) is 11.9. The van der Waals surface area contributed by atoms with Gasteiger partial charge in [0.05, 0.1) is 12.4 Å². The van der Waals surface area contributed by atoms with Gasteiger partial charge in [-0.05, 0) is 25.1 Å². The van der Waals surface area contributed by atoms with Crippen LogP contribution in [0.4, 0.5) is 5.69 Å². The Labute approximate surface area is 97.9 Å². The molecule has 1 aromatic carbocycles. The summed E-state index contributed by atoms with van der Waals surface area (Å²) in [5.74, 6) is 0.000132. The number of thioether (sulfide) groups is 1. The van der Waals surface area contributed by atoms with Gasteiger partial charge in [-0.2, -0.15) is 0 Å². The van der Waals surface area contributed by atoms with E-state index in [0.29, 0.717) is 17.3 Å². The number of nitrogen functional groups attached to an aromatic ring is 1. The van der Waals surface area contributed by atoms with Crippen molar-refractivity contribution < 1.29 is 9.53 Å². The van der Waals surface area contributed by atoms with Gasteiger partial charge in [-0.15, -0.1) is 11.8 Å². The minimum absolute atomic E-state index is 0.248. The first-order valence-corrected chi connectivity index (χ1v) is 5.83. The van der Waals surface area contributed by atoms with Crippen LogP contribution in [-0.4, -0.2) is 18.3 Å². The van der Waals surface area contributed by atoms with Crippen molar-refractivity contribution in [2.45, 2.75) is 11.8 Å². The van der Waals surface area contributed by atoms with Crippen LogP contribution in [0.3, 0.4) is 0 Å². The molecular weight excluding hydrogens is 234 g/mol. The van der Waals surface area contributed by atoms with Crippen LogP contribution in [0.5, 0.6) is 0 Å². The molecule has 3 nitrogen and oxygen atoms in total. The van der Waals surface area contributed by atoms with E-state index in [4.69, 9.17) is 22.1 Å². The third kappa shape index (κ3) is 4.01. The molecule has 1 aromatic rings. The zero-order valence-corrected chi connectivity index (χ0v) is 9.90. The highest BCUT2D eigenvalue weighted by Gasteiger charge is 2.06. The Bertz CT molecular complexity index is 357. The van der Waals surface area contributed by atoms with Crippen molar-refractivity contribution in [1.29, 1.82) is 0 Å². The Morgan fingerprint density at radius 3 is 3.00 bits per heavy atom. The van der Waals surface area contributed by atoms with E-state index >= 15 is 0 Å². The van der Waals surface area contributed by atoms with Crippen LogP contribution in [-0.2, 0) is 9.53 Å². The second kappa shape index (κ2) is 5.88. The summed E-state index contributed by atoms with van der Waals surface area (Å²) in [5.41, 5.74) is 6.34. The first kappa shape index (κ1) is 12.2. The van der Waals surface area contributed by atoms with Crippen molar-refractivity contribution in [2.24, 2.45) is 0 Å². The molecule has 5 heteroatoms. The second-order valence-corrected chi connectivity index (χ2v) is 4.23. The molecule has 0 aliphatic rings. The fourth-order valence-corrected chi connectivity index (χ4v) is 2.01. The van der Waals surface area contributed by atoms with E-state index in [1.54, 1.807) is 25.1 Å². The van der Waals surface area contributed by atoms with Crippen LogP contribution in [0.25, 0.3) is 0 Å². The largest absolute Gasteiger partial charge is 0.465 e. The number of anilines is 1. The van der Waals surface area contributed by atoms with Gasteiger partial charge in [0, 0.05) is 15.6 Å². The molecule has 0 radical (unpaired) electrons. The maximum atomic E-state index is 11.1. The normalized spacial score (nSPS) is 10.0. The van der Waals surface area contributed by atoms with E-state index in [-0.39, 0.29) is 11.7 Å². The van der Waals surface area contributed by atoms with Gasteiger partial charge in [-0.25, -0.2) is 0 Å². The summed E-state index contributed by atoms with van der Waals surface area (Å²) in [7, 11) is 0. The molecule has 2 N–H and O–H groups in total. The van der Waals surface area contributed by atoms with Gasteiger partial charge in [-0.1, -0.05) is 11.6 Å². The Hall–Kier alpha value is -0.870. The number of benzene rings is 1. The van der Waals surface area contributed by atoms with Crippen LogP contribution in [0, 0.1) is 0 Å². The van der Waals surface area contributed by atoms with E-state index in [1.807, 2.05) is 0 Å². The third-order valence-corrected chi connectivity index (χ3v) is 2.91. The Morgan fingerprint density at radius 1 is 1.60 bits per heavy atom. The number of carbonyl (C=O) groups excluding carboxylic acids is 1. The third-order valence-electron chi connectivity index (χ3n) is 1.63. The average Bonchev–Trinajstić information content (AvgIpc) is 2.20. The number of halogens is 1. The molecule has 0 heterocycles. The molecule has 0 unspecified atom stereocenters. The smallest absolute Gasteiger partial charge is 0.316 e. The molecule has 0 saturated carbocycles. The quantitative estimate of drug-likeness (QED) is 0.503. The van der Waals surface area contributed by atoms with Crippen LogP contribution in [0.2, 0.25) is 5.02 Å². The van der Waals surface area contributed by atoms with Crippen LogP contribution in [0.15, 0.2) is 23.1 Å². The Morgan fingerprint density at radius 2 is 2.33 bits per heavy atom. The van der Waals surface area contributed by atoms with Crippen molar-refractivity contribution in [3.63, 3.8) is 0 Å². The number of hydrogen-bond donors (Lipinski definition) is 1. The van der Waals surface area contributed by atoms with E-state index in [0.717, 1.165) is 4.90 Å². The highest BCUT2D eigenvalue weighted by atomic mass is 35.5. The zero-order chi connectivity index (χ0) is 11.3. The van der Waals surface area contributed by atoms with E-state index in [9.17, 15) is 4.79 Å². The summed E-state index contributed by atoms with van der Waals surface area (Å²) in [6.07, 6.45) is 0. The van der Waals surface area contributed by atoms with Crippen molar-refractivity contribution in [2.75, 3.05) is 18.1 Å². The fraction of sp³-hybridized carbons (Fsp3) is 0.300. The lowest BCUT2D eigenvalue weighted by Crippen LogP contribution is -2.06. The summed E-state index contributed by atoms with van der Waals surface area (Å²) in [5, 5.41) is 0.607. The average molecular weight is 246 g/mol. The summed E-state index contributed by atoms with van der Waals surface area (Å²) in [6, 6.07) is 5.17. The Balaban J connectivity index is 2.57. The summed E-state index contributed by atoms with van der Waals surface area (Å²) < 4.78 is 4.80. The van der Waals surface area contributed by atoms with E-state index in [1.165, 1.54) is 11.8 Å². The number of carbonyl (C=O) groups is 1. The lowest BCUT2D eigenvalue weighted by atomic mass is 10.3. The molecular formula is C10H12ClNO2S. The standard InChI is InChI=1S/C10H12ClNO2S/c1-2-14-10(13)6-15-9-5-7(11)3-4-8(9)12/h3-5H,2,6,12H2,1H3. The molecule has 0 spiro atoms. The predicted octanol–water partition coefficient (Wildman–Crippen LogP) is 2.58. The lowest BCUT2D eigenvalue weighted by molar-refractivity contribution is -0.139. The summed E-state index contributed by atoms with van der Waals surface area (Å²) >= 11 is 7.13. The van der Waals surface area contributed by atoms with Gasteiger partial charge < -0.3 is 10.5 Å². The summed E-state index contributed by atoms with van der Waals surface area (Å²) in [6.45, 7) is 2.17. The second-order valence-electron chi connectivity index (χ2n) is 2.78. The van der Waals surface area contributed by atoms with Gasteiger partial charge in [-0.3, -0.25) is 4.79 Å². The Kier molecular flexibility index (Phi) is 4.78. The topological polar surface area (TPSA) is 52.3 Å². The van der Waals surface area contributed by atoms with Gasteiger partial charge in [0.15, 0.2) is 0 Å².